The summed E-state index contributed by atoms with van der Waals surface area (Å²) in [5.74, 6) is 0.490. The van der Waals surface area contributed by atoms with E-state index in [1.165, 1.54) is 0 Å². The summed E-state index contributed by atoms with van der Waals surface area (Å²) < 4.78 is 0. The van der Waals surface area contributed by atoms with Gasteiger partial charge in [-0.3, -0.25) is 0 Å². The fraction of sp³-hybridized carbons (Fsp3) is 0.167. The van der Waals surface area contributed by atoms with E-state index in [0.29, 0.717) is 16.2 Å². The Kier molecular flexibility index (Phi) is 6.27. The van der Waals surface area contributed by atoms with Crippen molar-refractivity contribution in [3.8, 4) is 0 Å². The number of hydrogen-bond donors (Lipinski definition) is 0. The molecule has 2 aromatic rings. The molecule has 0 bridgehead atoms. The minimum Gasteiger partial charge on any atom is -0.244 e. The molecule has 0 saturated carbocycles. The molecule has 5 heteroatoms. The van der Waals surface area contributed by atoms with Crippen molar-refractivity contribution in [3.05, 3.63) is 58.1 Å². The Labute approximate surface area is 116 Å². The number of aromatic nitrogens is 2. The summed E-state index contributed by atoms with van der Waals surface area (Å²) in [6.45, 7) is 1.98. The van der Waals surface area contributed by atoms with Gasteiger partial charge in [-0.15, -0.1) is 11.6 Å². The van der Waals surface area contributed by atoms with Gasteiger partial charge in [0.2, 0.25) is 0 Å². The molecule has 0 amide bonds. The largest absolute Gasteiger partial charge is 0.244 e. The van der Waals surface area contributed by atoms with Gasteiger partial charge in [0.25, 0.3) is 0 Å². The molecule has 0 radical (unpaired) electrons. The molecule has 90 valence electrons. The maximum atomic E-state index is 5.51. The third-order valence-corrected chi connectivity index (χ3v) is 2.57. The fourth-order valence-corrected chi connectivity index (χ4v) is 1.32. The Balaban J connectivity index is 0.000000171. The molecule has 2 rings (SSSR count). The molecule has 0 atom stereocenters. The summed E-state index contributed by atoms with van der Waals surface area (Å²) in [6, 6.07) is 7.27. The van der Waals surface area contributed by atoms with Gasteiger partial charge in [0.15, 0.2) is 0 Å². The van der Waals surface area contributed by atoms with Crippen LogP contribution < -0.4 is 0 Å². The predicted molar refractivity (Wildman–Crippen MR) is 72.8 cm³/mol. The number of alkyl halides is 1. The maximum Gasteiger partial charge on any atom is 0.129 e. The molecule has 2 aromatic heterocycles. The molecule has 2 heterocycles. The molecule has 2 nitrogen and oxygen atoms in total. The van der Waals surface area contributed by atoms with E-state index in [4.69, 9.17) is 34.8 Å². The van der Waals surface area contributed by atoms with Gasteiger partial charge in [0, 0.05) is 18.3 Å². The molecule has 0 aliphatic heterocycles. The Bertz CT molecular complexity index is 419. The quantitative estimate of drug-likeness (QED) is 0.570. The zero-order valence-corrected chi connectivity index (χ0v) is 11.5. The standard InChI is InChI=1S/C6H5Cl2N.C6H6ClN/c7-3-5-1-2-6(8)9-4-5;1-5-2-3-6(7)8-4-5/h1-2,4H,3H2;2-4H,1H3. The summed E-state index contributed by atoms with van der Waals surface area (Å²) in [4.78, 5) is 7.68. The molecule has 0 N–H and O–H groups in total. The molecular formula is C12H11Cl3N2. The topological polar surface area (TPSA) is 25.8 Å². The van der Waals surface area contributed by atoms with Crippen LogP contribution in [-0.4, -0.2) is 9.97 Å². The first-order chi connectivity index (χ1) is 8.11. The van der Waals surface area contributed by atoms with E-state index in [1.54, 1.807) is 24.5 Å². The normalized spacial score (nSPS) is 9.41. The molecule has 0 saturated heterocycles. The average Bonchev–Trinajstić information content (AvgIpc) is 2.35. The first-order valence-electron chi connectivity index (χ1n) is 4.86. The monoisotopic (exact) mass is 288 g/mol. The lowest BCUT2D eigenvalue weighted by Gasteiger charge is -1.91. The Hall–Kier alpha value is -0.830. The highest BCUT2D eigenvalue weighted by molar-refractivity contribution is 6.29. The average molecular weight is 290 g/mol. The van der Waals surface area contributed by atoms with Crippen molar-refractivity contribution < 1.29 is 0 Å². The van der Waals surface area contributed by atoms with Gasteiger partial charge < -0.3 is 0 Å². The SMILES string of the molecule is Cc1ccc(Cl)nc1.ClCc1ccc(Cl)nc1. The van der Waals surface area contributed by atoms with Crippen LogP contribution in [0.5, 0.6) is 0 Å². The van der Waals surface area contributed by atoms with E-state index >= 15 is 0 Å². The molecule has 0 spiro atoms. The van der Waals surface area contributed by atoms with Crippen molar-refractivity contribution in [2.24, 2.45) is 0 Å². The number of hydrogen-bond acceptors (Lipinski definition) is 2. The van der Waals surface area contributed by atoms with E-state index < -0.39 is 0 Å². The summed E-state index contributed by atoms with van der Waals surface area (Å²) in [7, 11) is 0. The van der Waals surface area contributed by atoms with Crippen LogP contribution in [0.3, 0.4) is 0 Å². The molecule has 0 unspecified atom stereocenters. The third-order valence-electron chi connectivity index (χ3n) is 1.82. The Morgan fingerprint density at radius 3 is 1.88 bits per heavy atom. The van der Waals surface area contributed by atoms with Gasteiger partial charge in [-0.25, -0.2) is 9.97 Å². The molecule has 17 heavy (non-hydrogen) atoms. The zero-order valence-electron chi connectivity index (χ0n) is 9.20. The van der Waals surface area contributed by atoms with E-state index in [-0.39, 0.29) is 0 Å². The van der Waals surface area contributed by atoms with Crippen molar-refractivity contribution in [2.45, 2.75) is 12.8 Å². The van der Waals surface area contributed by atoms with Crippen LogP contribution in [0.4, 0.5) is 0 Å². The van der Waals surface area contributed by atoms with Crippen LogP contribution in [0, 0.1) is 6.92 Å². The van der Waals surface area contributed by atoms with Crippen molar-refractivity contribution in [2.75, 3.05) is 0 Å². The summed E-state index contributed by atoms with van der Waals surface area (Å²) in [6.07, 6.45) is 3.40. The van der Waals surface area contributed by atoms with Gasteiger partial charge in [-0.05, 0) is 30.2 Å². The highest BCUT2D eigenvalue weighted by Crippen LogP contribution is 2.06. The van der Waals surface area contributed by atoms with Crippen LogP contribution in [-0.2, 0) is 5.88 Å². The molecule has 0 aromatic carbocycles. The van der Waals surface area contributed by atoms with Crippen molar-refractivity contribution in [3.63, 3.8) is 0 Å². The zero-order chi connectivity index (χ0) is 12.7. The summed E-state index contributed by atoms with van der Waals surface area (Å²) in [5.41, 5.74) is 2.12. The van der Waals surface area contributed by atoms with Crippen molar-refractivity contribution in [1.29, 1.82) is 0 Å². The van der Waals surface area contributed by atoms with Gasteiger partial charge in [0.05, 0.1) is 0 Å². The second-order valence-corrected chi connectivity index (χ2v) is 4.32. The van der Waals surface area contributed by atoms with Crippen LogP contribution >= 0.6 is 34.8 Å². The summed E-state index contributed by atoms with van der Waals surface area (Å²) >= 11 is 16.5. The minimum atomic E-state index is 0.490. The number of pyridine rings is 2. The van der Waals surface area contributed by atoms with E-state index in [2.05, 4.69) is 9.97 Å². The van der Waals surface area contributed by atoms with E-state index in [9.17, 15) is 0 Å². The van der Waals surface area contributed by atoms with E-state index in [0.717, 1.165) is 11.1 Å². The third kappa shape index (κ3) is 5.87. The maximum absolute atomic E-state index is 5.51. The number of aryl methyl sites for hydroxylation is 1. The van der Waals surface area contributed by atoms with Gasteiger partial charge in [-0.1, -0.05) is 35.3 Å². The number of halogens is 3. The highest BCUT2D eigenvalue weighted by Gasteiger charge is 1.88. The fourth-order valence-electron chi connectivity index (χ4n) is 0.935. The first kappa shape index (κ1) is 14.2. The lowest BCUT2D eigenvalue weighted by molar-refractivity contribution is 1.25. The van der Waals surface area contributed by atoms with Crippen LogP contribution in [0.1, 0.15) is 11.1 Å². The molecule has 0 aliphatic rings. The molecule has 0 fully saturated rings. The van der Waals surface area contributed by atoms with Crippen LogP contribution in [0.25, 0.3) is 0 Å². The lowest BCUT2D eigenvalue weighted by Crippen LogP contribution is -1.78. The van der Waals surface area contributed by atoms with E-state index in [1.807, 2.05) is 19.1 Å². The van der Waals surface area contributed by atoms with Crippen LogP contribution in [0.15, 0.2) is 36.7 Å². The first-order valence-corrected chi connectivity index (χ1v) is 6.15. The van der Waals surface area contributed by atoms with Crippen molar-refractivity contribution in [1.82, 2.24) is 9.97 Å². The smallest absolute Gasteiger partial charge is 0.129 e. The second kappa shape index (κ2) is 7.49. The van der Waals surface area contributed by atoms with Crippen molar-refractivity contribution >= 4 is 34.8 Å². The van der Waals surface area contributed by atoms with Gasteiger partial charge in [-0.2, -0.15) is 0 Å². The Morgan fingerprint density at radius 2 is 1.53 bits per heavy atom. The predicted octanol–water partition coefficient (Wildman–Crippen LogP) is 4.52. The highest BCUT2D eigenvalue weighted by atomic mass is 35.5. The summed E-state index contributed by atoms with van der Waals surface area (Å²) in [5, 5.41) is 1.06. The Morgan fingerprint density at radius 1 is 0.941 bits per heavy atom. The molecule has 0 aliphatic carbocycles. The second-order valence-electron chi connectivity index (χ2n) is 3.28. The molecular weight excluding hydrogens is 279 g/mol. The van der Waals surface area contributed by atoms with Gasteiger partial charge in [0.1, 0.15) is 10.3 Å². The lowest BCUT2D eigenvalue weighted by atomic mass is 10.3. The number of rotatable bonds is 1. The number of nitrogens with zero attached hydrogens (tertiary/aromatic N) is 2. The minimum absolute atomic E-state index is 0.490. The van der Waals surface area contributed by atoms with Gasteiger partial charge >= 0.3 is 0 Å². The van der Waals surface area contributed by atoms with Crippen LogP contribution in [0.2, 0.25) is 10.3 Å².